The molecule has 2 rings (SSSR count). The number of anilines is 2. The molecule has 0 saturated heterocycles. The Morgan fingerprint density at radius 2 is 1.88 bits per heavy atom. The molecule has 0 radical (unpaired) electrons. The van der Waals surface area contributed by atoms with E-state index in [0.29, 0.717) is 5.75 Å². The molecule has 0 aliphatic rings. The van der Waals surface area contributed by atoms with Crippen molar-refractivity contribution >= 4 is 39.8 Å². The molecule has 0 aliphatic carbocycles. The number of hydrogen-bond acceptors (Lipinski definition) is 6. The second-order valence-electron chi connectivity index (χ2n) is 5.79. The van der Waals surface area contributed by atoms with Gasteiger partial charge in [-0.25, -0.2) is 0 Å². The fraction of sp³-hybridized carbons (Fsp3) is 0.500. The number of aromatic nitrogens is 2. The van der Waals surface area contributed by atoms with Gasteiger partial charge >= 0.3 is 0 Å². The minimum absolute atomic E-state index is 0.0471. The molecule has 1 amide bonds. The van der Waals surface area contributed by atoms with Crippen molar-refractivity contribution in [1.29, 1.82) is 0 Å². The lowest BCUT2D eigenvalue weighted by atomic mass is 10.1. The Hall–Kier alpha value is -1.60. The van der Waals surface area contributed by atoms with Crippen LogP contribution in [0.5, 0.6) is 0 Å². The Balaban J connectivity index is 1.78. The SMILES string of the molecule is CCCCNC(=O)CSc1nnc(Nc2ccc(CCCC)cc2)s1. The summed E-state index contributed by atoms with van der Waals surface area (Å²) in [6.07, 6.45) is 5.65. The minimum Gasteiger partial charge on any atom is -0.355 e. The summed E-state index contributed by atoms with van der Waals surface area (Å²) in [5.74, 6) is 0.426. The fourth-order valence-corrected chi connectivity index (χ4v) is 3.76. The van der Waals surface area contributed by atoms with Gasteiger partial charge in [0.2, 0.25) is 11.0 Å². The van der Waals surface area contributed by atoms with Crippen LogP contribution < -0.4 is 10.6 Å². The van der Waals surface area contributed by atoms with Crippen LogP contribution in [0, 0.1) is 0 Å². The molecule has 1 aromatic carbocycles. The summed E-state index contributed by atoms with van der Waals surface area (Å²) >= 11 is 2.89. The zero-order valence-corrected chi connectivity index (χ0v) is 16.5. The number of carbonyl (C=O) groups is 1. The van der Waals surface area contributed by atoms with Crippen LogP contribution in [-0.2, 0) is 11.2 Å². The lowest BCUT2D eigenvalue weighted by molar-refractivity contribution is -0.118. The highest BCUT2D eigenvalue weighted by Crippen LogP contribution is 2.27. The van der Waals surface area contributed by atoms with E-state index in [1.807, 2.05) is 0 Å². The highest BCUT2D eigenvalue weighted by atomic mass is 32.2. The maximum atomic E-state index is 11.7. The first-order valence-corrected chi connectivity index (χ1v) is 10.6. The summed E-state index contributed by atoms with van der Waals surface area (Å²) in [4.78, 5) is 11.7. The van der Waals surface area contributed by atoms with Crippen LogP contribution in [0.2, 0.25) is 0 Å². The van der Waals surface area contributed by atoms with Gasteiger partial charge in [0.15, 0.2) is 4.34 Å². The number of carbonyl (C=O) groups excluding carboxylic acids is 1. The van der Waals surface area contributed by atoms with Crippen LogP contribution in [0.4, 0.5) is 10.8 Å². The number of unbranched alkanes of at least 4 members (excludes halogenated alkanes) is 2. The molecule has 0 unspecified atom stereocenters. The molecule has 25 heavy (non-hydrogen) atoms. The Morgan fingerprint density at radius 1 is 1.12 bits per heavy atom. The topological polar surface area (TPSA) is 66.9 Å². The lowest BCUT2D eigenvalue weighted by Crippen LogP contribution is -2.25. The Kier molecular flexibility index (Phi) is 8.76. The van der Waals surface area contributed by atoms with Crippen molar-refractivity contribution in [3.8, 4) is 0 Å². The molecule has 136 valence electrons. The van der Waals surface area contributed by atoms with Gasteiger partial charge in [-0.2, -0.15) is 0 Å². The Bertz CT molecular complexity index is 643. The summed E-state index contributed by atoms with van der Waals surface area (Å²) in [7, 11) is 0. The number of rotatable bonds is 11. The quantitative estimate of drug-likeness (QED) is 0.441. The summed E-state index contributed by atoms with van der Waals surface area (Å²) in [5, 5.41) is 15.2. The average Bonchev–Trinajstić information content (AvgIpc) is 3.07. The number of nitrogens with one attached hydrogen (secondary N) is 2. The predicted octanol–water partition coefficient (Wildman–Crippen LogP) is 4.63. The van der Waals surface area contributed by atoms with Crippen LogP contribution in [0.1, 0.15) is 45.1 Å². The summed E-state index contributed by atoms with van der Waals surface area (Å²) in [6, 6.07) is 8.44. The molecule has 0 atom stereocenters. The third-order valence-corrected chi connectivity index (χ3v) is 5.58. The fourth-order valence-electron chi connectivity index (χ4n) is 2.16. The number of nitrogens with zero attached hydrogens (tertiary/aromatic N) is 2. The molecule has 5 nitrogen and oxygen atoms in total. The maximum absolute atomic E-state index is 11.7. The molecular formula is C18H26N4OS2. The summed E-state index contributed by atoms with van der Waals surface area (Å²) in [5.41, 5.74) is 2.36. The van der Waals surface area contributed by atoms with Crippen molar-refractivity contribution in [2.24, 2.45) is 0 Å². The van der Waals surface area contributed by atoms with Crippen LogP contribution >= 0.6 is 23.1 Å². The Morgan fingerprint density at radius 3 is 2.60 bits per heavy atom. The first kappa shape index (κ1) is 19.7. The second kappa shape index (κ2) is 11.1. The van der Waals surface area contributed by atoms with Crippen molar-refractivity contribution < 1.29 is 4.79 Å². The van der Waals surface area contributed by atoms with Gasteiger partial charge in [-0.1, -0.05) is 61.9 Å². The van der Waals surface area contributed by atoms with E-state index in [1.54, 1.807) is 0 Å². The van der Waals surface area contributed by atoms with E-state index in [2.05, 4.69) is 58.9 Å². The highest BCUT2D eigenvalue weighted by molar-refractivity contribution is 8.01. The van der Waals surface area contributed by atoms with Crippen molar-refractivity contribution in [3.05, 3.63) is 29.8 Å². The van der Waals surface area contributed by atoms with Gasteiger partial charge < -0.3 is 10.6 Å². The number of thioether (sulfide) groups is 1. The maximum Gasteiger partial charge on any atom is 0.230 e. The average molecular weight is 379 g/mol. The number of benzene rings is 1. The molecule has 1 aromatic heterocycles. The van der Waals surface area contributed by atoms with Gasteiger partial charge in [0, 0.05) is 12.2 Å². The van der Waals surface area contributed by atoms with Crippen LogP contribution in [0.25, 0.3) is 0 Å². The highest BCUT2D eigenvalue weighted by Gasteiger charge is 2.08. The van der Waals surface area contributed by atoms with Crippen LogP contribution in [-0.4, -0.2) is 28.4 Å². The molecule has 7 heteroatoms. The van der Waals surface area contributed by atoms with Crippen molar-refractivity contribution in [1.82, 2.24) is 15.5 Å². The van der Waals surface area contributed by atoms with Crippen molar-refractivity contribution in [2.45, 2.75) is 50.3 Å². The van der Waals surface area contributed by atoms with Crippen molar-refractivity contribution in [2.75, 3.05) is 17.6 Å². The van der Waals surface area contributed by atoms with Crippen LogP contribution in [0.15, 0.2) is 28.6 Å². The van der Waals surface area contributed by atoms with Gasteiger partial charge in [0.05, 0.1) is 5.75 Å². The molecule has 0 saturated carbocycles. The zero-order chi connectivity index (χ0) is 17.9. The van der Waals surface area contributed by atoms with Gasteiger partial charge in [-0.3, -0.25) is 4.79 Å². The first-order chi connectivity index (χ1) is 12.2. The molecular weight excluding hydrogens is 352 g/mol. The van der Waals surface area contributed by atoms with E-state index in [-0.39, 0.29) is 5.91 Å². The zero-order valence-electron chi connectivity index (χ0n) is 14.9. The third-order valence-electron chi connectivity index (χ3n) is 3.61. The van der Waals surface area contributed by atoms with E-state index < -0.39 is 0 Å². The van der Waals surface area contributed by atoms with Gasteiger partial charge in [0.25, 0.3) is 0 Å². The molecule has 2 N–H and O–H groups in total. The molecule has 1 heterocycles. The van der Waals surface area contributed by atoms with Crippen molar-refractivity contribution in [3.63, 3.8) is 0 Å². The normalized spacial score (nSPS) is 10.6. The monoisotopic (exact) mass is 378 g/mol. The first-order valence-electron chi connectivity index (χ1n) is 8.80. The smallest absolute Gasteiger partial charge is 0.230 e. The van der Waals surface area contributed by atoms with E-state index >= 15 is 0 Å². The van der Waals surface area contributed by atoms with E-state index in [1.165, 1.54) is 41.5 Å². The standard InChI is InChI=1S/C18H26N4OS2/c1-3-5-7-14-8-10-15(11-9-14)20-17-21-22-18(25-17)24-13-16(23)19-12-6-4-2/h8-11H,3-7,12-13H2,1-2H3,(H,19,23)(H,20,21). The third kappa shape index (κ3) is 7.44. The van der Waals surface area contributed by atoms with E-state index in [0.717, 1.165) is 41.0 Å². The number of aryl methyl sites for hydroxylation is 1. The molecule has 0 fully saturated rings. The summed E-state index contributed by atoms with van der Waals surface area (Å²) < 4.78 is 0.799. The number of amides is 1. The molecule has 0 bridgehead atoms. The minimum atomic E-state index is 0.0471. The molecule has 0 spiro atoms. The van der Waals surface area contributed by atoms with Gasteiger partial charge in [0.1, 0.15) is 0 Å². The number of hydrogen-bond donors (Lipinski definition) is 2. The molecule has 0 aliphatic heterocycles. The summed E-state index contributed by atoms with van der Waals surface area (Å²) in [6.45, 7) is 5.05. The molecule has 2 aromatic rings. The van der Waals surface area contributed by atoms with Gasteiger partial charge in [-0.05, 0) is 37.0 Å². The van der Waals surface area contributed by atoms with Gasteiger partial charge in [-0.15, -0.1) is 10.2 Å². The predicted molar refractivity (Wildman–Crippen MR) is 107 cm³/mol. The second-order valence-corrected chi connectivity index (χ2v) is 7.99. The van der Waals surface area contributed by atoms with E-state index in [4.69, 9.17) is 0 Å². The Labute approximate surface area is 158 Å². The largest absolute Gasteiger partial charge is 0.355 e. The lowest BCUT2D eigenvalue weighted by Gasteiger charge is -2.04. The van der Waals surface area contributed by atoms with Crippen LogP contribution in [0.3, 0.4) is 0 Å². The van der Waals surface area contributed by atoms with E-state index in [9.17, 15) is 4.79 Å².